The number of nitrogens with one attached hydrogen (secondary N) is 2. The summed E-state index contributed by atoms with van der Waals surface area (Å²) in [5.74, 6) is -1.02. The molecule has 0 aliphatic heterocycles. The van der Waals surface area contributed by atoms with E-state index in [1.165, 1.54) is 0 Å². The third-order valence-corrected chi connectivity index (χ3v) is 3.27. The first kappa shape index (κ1) is 17.1. The van der Waals surface area contributed by atoms with Crippen LogP contribution in [0, 0.1) is 16.7 Å². The lowest BCUT2D eigenvalue weighted by molar-refractivity contribution is 0.0527. The second kappa shape index (κ2) is 7.75. The van der Waals surface area contributed by atoms with Crippen molar-refractivity contribution in [3.05, 3.63) is 26.6 Å². The highest BCUT2D eigenvalue weighted by Crippen LogP contribution is 2.31. The van der Waals surface area contributed by atoms with Crippen molar-refractivity contribution in [3.8, 4) is 6.07 Å². The van der Waals surface area contributed by atoms with Crippen LogP contribution in [0.1, 0.15) is 17.3 Å². The second-order valence-electron chi connectivity index (χ2n) is 3.63. The smallest absolute Gasteiger partial charge is 0.340 e. The Morgan fingerprint density at radius 2 is 2.24 bits per heavy atom. The largest absolute Gasteiger partial charge is 0.462 e. The number of carbonyl (C=O) groups excluding carboxylic acids is 1. The predicted octanol–water partition coefficient (Wildman–Crippen LogP) is 2.62. The summed E-state index contributed by atoms with van der Waals surface area (Å²) in [5, 5.41) is 19.7. The molecule has 110 valence electrons. The number of hydrazone groups is 1. The third kappa shape index (κ3) is 4.54. The fourth-order valence-corrected chi connectivity index (χ4v) is 2.63. The van der Waals surface area contributed by atoms with Gasteiger partial charge in [0.25, 0.3) is 0 Å². The molecule has 0 bridgehead atoms. The van der Waals surface area contributed by atoms with E-state index in [4.69, 9.17) is 21.1 Å². The molecule has 1 rings (SSSR count). The highest BCUT2D eigenvalue weighted by Gasteiger charge is 2.17. The van der Waals surface area contributed by atoms with Gasteiger partial charge in [0.1, 0.15) is 6.07 Å². The number of benzene rings is 1. The Balaban J connectivity index is 3.26. The second-order valence-corrected chi connectivity index (χ2v) is 5.40. The van der Waals surface area contributed by atoms with Gasteiger partial charge in [-0.2, -0.15) is 10.4 Å². The molecule has 0 atom stereocenters. The van der Waals surface area contributed by atoms with E-state index in [1.807, 2.05) is 0 Å². The van der Waals surface area contributed by atoms with Crippen molar-refractivity contribution in [1.29, 1.82) is 10.7 Å². The minimum Gasteiger partial charge on any atom is -0.462 e. The van der Waals surface area contributed by atoms with Gasteiger partial charge in [0.15, 0.2) is 5.84 Å². The summed E-state index contributed by atoms with van der Waals surface area (Å²) >= 11 is 6.56. The van der Waals surface area contributed by atoms with Crippen molar-refractivity contribution in [2.75, 3.05) is 12.0 Å². The molecule has 4 N–H and O–H groups in total. The van der Waals surface area contributed by atoms with Crippen LogP contribution in [0.15, 0.2) is 26.2 Å². The van der Waals surface area contributed by atoms with Gasteiger partial charge in [0.05, 0.1) is 17.9 Å². The van der Waals surface area contributed by atoms with Crippen LogP contribution >= 0.6 is 31.9 Å². The molecule has 0 saturated carbocycles. The van der Waals surface area contributed by atoms with E-state index in [0.717, 1.165) is 0 Å². The van der Waals surface area contributed by atoms with Gasteiger partial charge in [0.2, 0.25) is 5.71 Å². The number of carbonyl (C=O) groups is 1. The van der Waals surface area contributed by atoms with E-state index in [0.29, 0.717) is 14.6 Å². The van der Waals surface area contributed by atoms with Crippen molar-refractivity contribution < 1.29 is 9.53 Å². The molecule has 0 saturated heterocycles. The highest BCUT2D eigenvalue weighted by molar-refractivity contribution is 9.11. The maximum atomic E-state index is 11.9. The monoisotopic (exact) mass is 415 g/mol. The molecule has 0 heterocycles. The Morgan fingerprint density at radius 1 is 1.57 bits per heavy atom. The van der Waals surface area contributed by atoms with E-state index >= 15 is 0 Å². The molecule has 0 aliphatic rings. The lowest BCUT2D eigenvalue weighted by atomic mass is 10.2. The van der Waals surface area contributed by atoms with E-state index in [9.17, 15) is 4.79 Å². The molecule has 21 heavy (non-hydrogen) atoms. The van der Waals surface area contributed by atoms with Gasteiger partial charge in [-0.15, -0.1) is 0 Å². The molecule has 1 aromatic rings. The number of anilines is 1. The van der Waals surface area contributed by atoms with Crippen LogP contribution in [-0.2, 0) is 4.74 Å². The summed E-state index contributed by atoms with van der Waals surface area (Å²) in [6, 6.07) is 4.92. The topological polar surface area (TPSA) is 124 Å². The molecular formula is C12H11Br2N5O2. The first-order chi connectivity index (χ1) is 9.90. The van der Waals surface area contributed by atoms with Gasteiger partial charge < -0.3 is 10.5 Å². The van der Waals surface area contributed by atoms with Gasteiger partial charge in [-0.25, -0.2) is 4.79 Å². The summed E-state index contributed by atoms with van der Waals surface area (Å²) in [6.45, 7) is 1.92. The van der Waals surface area contributed by atoms with Gasteiger partial charge in [-0.3, -0.25) is 10.8 Å². The first-order valence-electron chi connectivity index (χ1n) is 5.65. The van der Waals surface area contributed by atoms with Crippen molar-refractivity contribution in [1.82, 2.24) is 0 Å². The number of halogens is 2. The van der Waals surface area contributed by atoms with Gasteiger partial charge in [0, 0.05) is 8.95 Å². The Morgan fingerprint density at radius 3 is 2.76 bits per heavy atom. The van der Waals surface area contributed by atoms with Crippen molar-refractivity contribution in [2.24, 2.45) is 10.8 Å². The standard InChI is InChI=1S/C12H11Br2N5O2/c1-2-21-12(20)7-3-6(13)4-8(14)10(7)19-18-9(5-15)11(16)17/h3-4,19H,2H2,1H3,(H3,16,17)/b18-9+. The number of esters is 1. The van der Waals surface area contributed by atoms with E-state index in [-0.39, 0.29) is 17.9 Å². The maximum absolute atomic E-state index is 11.9. The van der Waals surface area contributed by atoms with Gasteiger partial charge >= 0.3 is 5.97 Å². The predicted molar refractivity (Wildman–Crippen MR) is 86.4 cm³/mol. The molecule has 0 aromatic heterocycles. The molecule has 9 heteroatoms. The van der Waals surface area contributed by atoms with E-state index in [1.54, 1.807) is 25.1 Å². The summed E-state index contributed by atoms with van der Waals surface area (Å²) in [4.78, 5) is 11.9. The number of nitriles is 1. The fraction of sp³-hybridized carbons (Fsp3) is 0.167. The van der Waals surface area contributed by atoms with Crippen molar-refractivity contribution in [3.63, 3.8) is 0 Å². The zero-order chi connectivity index (χ0) is 16.0. The summed E-state index contributed by atoms with van der Waals surface area (Å²) in [6.07, 6.45) is 0. The summed E-state index contributed by atoms with van der Waals surface area (Å²) in [5.41, 5.74) is 8.00. The molecule has 0 aliphatic carbocycles. The molecule has 0 unspecified atom stereocenters. The minimum absolute atomic E-state index is 0.225. The normalized spacial score (nSPS) is 10.7. The molecule has 0 spiro atoms. The van der Waals surface area contributed by atoms with Gasteiger partial charge in [-0.05, 0) is 35.0 Å². The number of hydrogen-bond donors (Lipinski definition) is 3. The fourth-order valence-electron chi connectivity index (χ4n) is 1.31. The van der Waals surface area contributed by atoms with Crippen LogP contribution in [-0.4, -0.2) is 24.1 Å². The number of nitrogens with two attached hydrogens (primary N) is 1. The molecule has 7 nitrogen and oxygen atoms in total. The van der Waals surface area contributed by atoms with Crippen molar-refractivity contribution in [2.45, 2.75) is 6.92 Å². The Bertz CT molecular complexity index is 652. The average Bonchev–Trinajstić information content (AvgIpc) is 2.40. The number of ether oxygens (including phenoxy) is 1. The molecule has 0 amide bonds. The Kier molecular flexibility index (Phi) is 6.33. The Hall–Kier alpha value is -1.92. The number of amidine groups is 1. The molecule has 1 aromatic carbocycles. The van der Waals surface area contributed by atoms with Crippen LogP contribution < -0.4 is 11.2 Å². The van der Waals surface area contributed by atoms with Crippen LogP contribution in [0.3, 0.4) is 0 Å². The summed E-state index contributed by atoms with van der Waals surface area (Å²) < 4.78 is 6.16. The van der Waals surface area contributed by atoms with Crippen LogP contribution in [0.25, 0.3) is 0 Å². The van der Waals surface area contributed by atoms with E-state index in [2.05, 4.69) is 42.4 Å². The zero-order valence-electron chi connectivity index (χ0n) is 10.9. The number of nitrogens with zero attached hydrogens (tertiary/aromatic N) is 2. The average molecular weight is 417 g/mol. The van der Waals surface area contributed by atoms with Crippen molar-refractivity contribution >= 4 is 55.1 Å². The SMILES string of the molecule is CCOC(=O)c1cc(Br)cc(Br)c1N/N=C(\C#N)C(=N)N. The van der Waals surface area contributed by atoms with Crippen LogP contribution in [0.2, 0.25) is 0 Å². The molecular weight excluding hydrogens is 406 g/mol. The number of hydrogen-bond acceptors (Lipinski definition) is 6. The molecule has 0 radical (unpaired) electrons. The lowest BCUT2D eigenvalue weighted by Crippen LogP contribution is -2.22. The number of rotatable bonds is 5. The third-order valence-electron chi connectivity index (χ3n) is 2.19. The highest BCUT2D eigenvalue weighted by atomic mass is 79.9. The first-order valence-corrected chi connectivity index (χ1v) is 7.23. The van der Waals surface area contributed by atoms with Crippen LogP contribution in [0.5, 0.6) is 0 Å². The van der Waals surface area contributed by atoms with E-state index < -0.39 is 11.8 Å². The molecule has 0 fully saturated rings. The zero-order valence-corrected chi connectivity index (χ0v) is 14.1. The quantitative estimate of drug-likeness (QED) is 0.294. The van der Waals surface area contributed by atoms with Gasteiger partial charge in [-0.1, -0.05) is 15.9 Å². The minimum atomic E-state index is -0.543. The Labute approximate surface area is 137 Å². The maximum Gasteiger partial charge on any atom is 0.340 e. The lowest BCUT2D eigenvalue weighted by Gasteiger charge is -2.11. The van der Waals surface area contributed by atoms with Crippen LogP contribution in [0.4, 0.5) is 5.69 Å². The summed E-state index contributed by atoms with van der Waals surface area (Å²) in [7, 11) is 0.